The summed E-state index contributed by atoms with van der Waals surface area (Å²) in [6, 6.07) is -2.35. The smallest absolute Gasteiger partial charge is 0.321 e. The molecule has 0 heterocycles. The molecular weight excluding hydrogens is 358 g/mol. The normalized spacial score (nSPS) is 11.5. The van der Waals surface area contributed by atoms with Crippen molar-refractivity contribution in [2.45, 2.75) is 44.2 Å². The minimum absolute atomic E-state index is 0.0231. The molecule has 152 valence electrons. The molecule has 26 heavy (non-hydrogen) atoms. The molecule has 0 aliphatic heterocycles. The van der Waals surface area contributed by atoms with E-state index in [0.29, 0.717) is 13.0 Å². The molecule has 0 saturated carbocycles. The standard InChI is InChI=1S/C5H9NO4.C4H7NO4.C4H9NO2/c6-3(5(9)10)1-2-4(7)8;5-2(4(8)9)1-3(6)7;5-3-1-2-4(6)7/h3H,1-2,6H2,(H,7,8)(H,9,10);2H,1,5H2,(H,6,7)(H,8,9);1-3,5H2,(H,6,7)/t3-;2-;/m00./s1. The summed E-state index contributed by atoms with van der Waals surface area (Å²) in [7, 11) is 0. The van der Waals surface area contributed by atoms with Gasteiger partial charge < -0.3 is 42.7 Å². The van der Waals surface area contributed by atoms with Crippen LogP contribution in [0.4, 0.5) is 0 Å². The molecule has 0 aliphatic carbocycles. The topological polar surface area (TPSA) is 265 Å². The minimum atomic E-state index is -1.29. The van der Waals surface area contributed by atoms with Gasteiger partial charge in [-0.05, 0) is 19.4 Å². The third kappa shape index (κ3) is 26.1. The van der Waals surface area contributed by atoms with E-state index in [0.717, 1.165) is 0 Å². The average Bonchev–Trinajstić information content (AvgIpc) is 2.50. The van der Waals surface area contributed by atoms with Crippen molar-refractivity contribution >= 4 is 29.8 Å². The summed E-state index contributed by atoms with van der Waals surface area (Å²) in [6.07, 6.45) is 0.0132. The van der Waals surface area contributed by atoms with Gasteiger partial charge in [-0.3, -0.25) is 24.0 Å². The van der Waals surface area contributed by atoms with Crippen LogP contribution in [-0.4, -0.2) is 74.0 Å². The molecule has 0 aromatic rings. The Bertz CT molecular complexity index is 469. The molecule has 13 nitrogen and oxygen atoms in total. The fourth-order valence-electron chi connectivity index (χ4n) is 0.931. The second-order valence-corrected chi connectivity index (χ2v) is 4.71. The van der Waals surface area contributed by atoms with Gasteiger partial charge in [0.25, 0.3) is 0 Å². The Balaban J connectivity index is -0.000000310. The molecule has 0 spiro atoms. The van der Waals surface area contributed by atoms with Crippen molar-refractivity contribution in [3.05, 3.63) is 0 Å². The molecule has 2 atom stereocenters. The van der Waals surface area contributed by atoms with Crippen LogP contribution < -0.4 is 17.2 Å². The first-order valence-electron chi connectivity index (χ1n) is 7.17. The fourth-order valence-corrected chi connectivity index (χ4v) is 0.931. The van der Waals surface area contributed by atoms with E-state index in [9.17, 15) is 24.0 Å². The van der Waals surface area contributed by atoms with Gasteiger partial charge in [-0.1, -0.05) is 0 Å². The van der Waals surface area contributed by atoms with E-state index in [1.54, 1.807) is 0 Å². The second-order valence-electron chi connectivity index (χ2n) is 4.71. The highest BCUT2D eigenvalue weighted by Gasteiger charge is 2.14. The molecule has 0 bridgehead atoms. The van der Waals surface area contributed by atoms with Crippen LogP contribution in [0.5, 0.6) is 0 Å². The third-order valence-corrected chi connectivity index (χ3v) is 2.29. The highest BCUT2D eigenvalue weighted by molar-refractivity contribution is 5.80. The number of carbonyl (C=O) groups is 5. The zero-order chi connectivity index (χ0) is 21.3. The van der Waals surface area contributed by atoms with Gasteiger partial charge in [0.2, 0.25) is 0 Å². The maximum absolute atomic E-state index is 9.99. The van der Waals surface area contributed by atoms with Crippen LogP contribution in [0.3, 0.4) is 0 Å². The number of hydrogen-bond acceptors (Lipinski definition) is 8. The van der Waals surface area contributed by atoms with Gasteiger partial charge in [0, 0.05) is 12.8 Å². The molecule has 11 N–H and O–H groups in total. The van der Waals surface area contributed by atoms with E-state index < -0.39 is 48.4 Å². The molecule has 0 aromatic heterocycles. The van der Waals surface area contributed by atoms with E-state index in [1.807, 2.05) is 0 Å². The lowest BCUT2D eigenvalue weighted by molar-refractivity contribution is -0.144. The van der Waals surface area contributed by atoms with Crippen molar-refractivity contribution in [3.8, 4) is 0 Å². The molecule has 0 aromatic carbocycles. The van der Waals surface area contributed by atoms with E-state index in [2.05, 4.69) is 0 Å². The predicted molar refractivity (Wildman–Crippen MR) is 86.3 cm³/mol. The molecule has 0 rings (SSSR count). The molecule has 0 aliphatic rings. The van der Waals surface area contributed by atoms with Crippen LogP contribution in [0.15, 0.2) is 0 Å². The van der Waals surface area contributed by atoms with Crippen molar-refractivity contribution in [2.75, 3.05) is 6.54 Å². The van der Waals surface area contributed by atoms with Crippen molar-refractivity contribution in [1.82, 2.24) is 0 Å². The lowest BCUT2D eigenvalue weighted by Crippen LogP contribution is -2.32. The van der Waals surface area contributed by atoms with E-state index in [4.69, 9.17) is 42.7 Å². The summed E-state index contributed by atoms with van der Waals surface area (Å²) in [5, 5.41) is 40.3. The lowest BCUT2D eigenvalue weighted by Gasteiger charge is -2.01. The van der Waals surface area contributed by atoms with E-state index >= 15 is 0 Å². The molecule has 0 amide bonds. The van der Waals surface area contributed by atoms with Crippen molar-refractivity contribution in [3.63, 3.8) is 0 Å². The Morgan fingerprint density at radius 2 is 1.12 bits per heavy atom. The summed E-state index contributed by atoms with van der Waals surface area (Å²) in [6.45, 7) is 0.465. The first-order chi connectivity index (χ1) is 11.8. The van der Waals surface area contributed by atoms with Gasteiger partial charge in [-0.15, -0.1) is 0 Å². The zero-order valence-electron chi connectivity index (χ0n) is 13.9. The monoisotopic (exact) mass is 383 g/mol. The highest BCUT2D eigenvalue weighted by atomic mass is 16.4. The van der Waals surface area contributed by atoms with E-state index in [-0.39, 0.29) is 19.3 Å². The molecule has 0 unspecified atom stereocenters. The van der Waals surface area contributed by atoms with Crippen LogP contribution >= 0.6 is 0 Å². The Kier molecular flexibility index (Phi) is 18.4. The van der Waals surface area contributed by atoms with Crippen molar-refractivity contribution in [2.24, 2.45) is 17.2 Å². The van der Waals surface area contributed by atoms with Crippen LogP contribution in [0, 0.1) is 0 Å². The SMILES string of the molecule is NCCCC(=O)O.N[C@@H](CC(=O)O)C(=O)O.N[C@@H](CCC(=O)O)C(=O)O. The Morgan fingerprint density at radius 1 is 0.692 bits per heavy atom. The largest absolute Gasteiger partial charge is 0.481 e. The number of rotatable bonds is 10. The number of carboxylic acids is 5. The maximum atomic E-state index is 9.99. The van der Waals surface area contributed by atoms with Gasteiger partial charge in [0.15, 0.2) is 0 Å². The van der Waals surface area contributed by atoms with Crippen molar-refractivity contribution in [1.29, 1.82) is 0 Å². The molecule has 0 radical (unpaired) electrons. The Hall–Kier alpha value is -2.77. The first-order valence-corrected chi connectivity index (χ1v) is 7.17. The quantitative estimate of drug-likeness (QED) is 0.202. The lowest BCUT2D eigenvalue weighted by atomic mass is 10.2. The van der Waals surface area contributed by atoms with Gasteiger partial charge in [-0.2, -0.15) is 0 Å². The fraction of sp³-hybridized carbons (Fsp3) is 0.615. The van der Waals surface area contributed by atoms with Gasteiger partial charge >= 0.3 is 29.8 Å². The number of hydrogen-bond donors (Lipinski definition) is 8. The highest BCUT2D eigenvalue weighted by Crippen LogP contribution is 1.93. The summed E-state index contributed by atoms with van der Waals surface area (Å²) in [5.41, 5.74) is 14.9. The number of carboxylic acid groups (broad SMARTS) is 5. The van der Waals surface area contributed by atoms with Crippen LogP contribution in [0.1, 0.15) is 32.1 Å². The number of nitrogens with two attached hydrogens (primary N) is 3. The summed E-state index contributed by atoms with van der Waals surface area (Å²) >= 11 is 0. The molecular formula is C13H25N3O10. The van der Waals surface area contributed by atoms with Gasteiger partial charge in [-0.25, -0.2) is 0 Å². The van der Waals surface area contributed by atoms with Crippen molar-refractivity contribution < 1.29 is 49.5 Å². The molecule has 13 heteroatoms. The first kappa shape index (κ1) is 28.1. The van der Waals surface area contributed by atoms with E-state index in [1.165, 1.54) is 0 Å². The molecule has 0 fully saturated rings. The van der Waals surface area contributed by atoms with Crippen LogP contribution in [0.2, 0.25) is 0 Å². The zero-order valence-corrected chi connectivity index (χ0v) is 13.9. The van der Waals surface area contributed by atoms with Gasteiger partial charge in [0.1, 0.15) is 12.1 Å². The summed E-state index contributed by atoms with van der Waals surface area (Å²) < 4.78 is 0. The maximum Gasteiger partial charge on any atom is 0.321 e. The average molecular weight is 383 g/mol. The third-order valence-electron chi connectivity index (χ3n) is 2.29. The summed E-state index contributed by atoms with van der Waals surface area (Å²) in [4.78, 5) is 49.2. The Labute approximate surface area is 148 Å². The second kappa shape index (κ2) is 17.1. The minimum Gasteiger partial charge on any atom is -0.481 e. The summed E-state index contributed by atoms with van der Waals surface area (Å²) in [5.74, 6) is -5.47. The molecule has 0 saturated heterocycles. The number of aliphatic carboxylic acids is 5. The van der Waals surface area contributed by atoms with Crippen LogP contribution in [-0.2, 0) is 24.0 Å². The predicted octanol–water partition coefficient (Wildman–Crippen LogP) is -2.05. The Morgan fingerprint density at radius 3 is 1.31 bits per heavy atom. The van der Waals surface area contributed by atoms with Gasteiger partial charge in [0.05, 0.1) is 6.42 Å². The van der Waals surface area contributed by atoms with Crippen LogP contribution in [0.25, 0.3) is 0 Å².